The minimum Gasteiger partial charge on any atom is -0.392 e. The SMILES string of the molecule is CC(NCc1ccc(CO)cc1)c1cccc(C(F)(F)F)c1. The van der Waals surface area contributed by atoms with Crippen LogP contribution in [-0.2, 0) is 19.3 Å². The number of nitrogens with one attached hydrogen (secondary N) is 1. The van der Waals surface area contributed by atoms with Crippen molar-refractivity contribution in [2.24, 2.45) is 0 Å². The van der Waals surface area contributed by atoms with Crippen molar-refractivity contribution in [3.8, 4) is 0 Å². The van der Waals surface area contributed by atoms with Crippen molar-refractivity contribution in [2.45, 2.75) is 32.3 Å². The molecule has 0 radical (unpaired) electrons. The van der Waals surface area contributed by atoms with E-state index in [-0.39, 0.29) is 12.6 Å². The van der Waals surface area contributed by atoms with E-state index in [2.05, 4.69) is 5.32 Å². The topological polar surface area (TPSA) is 32.3 Å². The van der Waals surface area contributed by atoms with E-state index >= 15 is 0 Å². The molecule has 1 atom stereocenters. The number of alkyl halides is 3. The zero-order valence-corrected chi connectivity index (χ0v) is 12.2. The number of aliphatic hydroxyl groups is 1. The first-order valence-electron chi connectivity index (χ1n) is 6.99. The van der Waals surface area contributed by atoms with E-state index in [1.54, 1.807) is 6.07 Å². The van der Waals surface area contributed by atoms with Crippen molar-refractivity contribution in [3.63, 3.8) is 0 Å². The highest BCUT2D eigenvalue weighted by molar-refractivity contribution is 5.28. The summed E-state index contributed by atoms with van der Waals surface area (Å²) in [6.45, 7) is 2.37. The van der Waals surface area contributed by atoms with Crippen molar-refractivity contribution in [1.29, 1.82) is 0 Å². The molecule has 0 aliphatic carbocycles. The van der Waals surface area contributed by atoms with Gasteiger partial charge >= 0.3 is 6.18 Å². The van der Waals surface area contributed by atoms with Crippen LogP contribution in [-0.4, -0.2) is 5.11 Å². The summed E-state index contributed by atoms with van der Waals surface area (Å²) in [5.41, 5.74) is 1.80. The Morgan fingerprint density at radius 3 is 2.27 bits per heavy atom. The molecule has 5 heteroatoms. The Bertz CT molecular complexity index is 608. The first-order chi connectivity index (χ1) is 10.4. The first-order valence-corrected chi connectivity index (χ1v) is 6.99. The van der Waals surface area contributed by atoms with E-state index in [9.17, 15) is 13.2 Å². The van der Waals surface area contributed by atoms with Crippen LogP contribution >= 0.6 is 0 Å². The maximum atomic E-state index is 12.7. The van der Waals surface area contributed by atoms with Crippen LogP contribution in [0.1, 0.15) is 35.2 Å². The van der Waals surface area contributed by atoms with Crippen molar-refractivity contribution >= 4 is 0 Å². The molecule has 0 saturated carbocycles. The summed E-state index contributed by atoms with van der Waals surface area (Å²) >= 11 is 0. The van der Waals surface area contributed by atoms with Gasteiger partial charge in [0.15, 0.2) is 0 Å². The van der Waals surface area contributed by atoms with E-state index < -0.39 is 11.7 Å². The monoisotopic (exact) mass is 309 g/mol. The fraction of sp³-hybridized carbons (Fsp3) is 0.294. The molecule has 0 bridgehead atoms. The quantitative estimate of drug-likeness (QED) is 0.873. The molecule has 0 saturated heterocycles. The van der Waals surface area contributed by atoms with Crippen molar-refractivity contribution in [2.75, 3.05) is 0 Å². The lowest BCUT2D eigenvalue weighted by Crippen LogP contribution is -2.18. The van der Waals surface area contributed by atoms with Gasteiger partial charge in [-0.15, -0.1) is 0 Å². The van der Waals surface area contributed by atoms with Gasteiger partial charge in [-0.05, 0) is 35.7 Å². The van der Waals surface area contributed by atoms with Crippen LogP contribution in [0, 0.1) is 0 Å². The van der Waals surface area contributed by atoms with Gasteiger partial charge in [0.1, 0.15) is 0 Å². The molecular formula is C17H18F3NO. The van der Waals surface area contributed by atoms with Crippen molar-refractivity contribution < 1.29 is 18.3 Å². The maximum Gasteiger partial charge on any atom is 0.416 e. The highest BCUT2D eigenvalue weighted by Crippen LogP contribution is 2.30. The number of hydrogen-bond donors (Lipinski definition) is 2. The lowest BCUT2D eigenvalue weighted by atomic mass is 10.0. The van der Waals surface area contributed by atoms with Crippen LogP contribution in [0.4, 0.5) is 13.2 Å². The summed E-state index contributed by atoms with van der Waals surface area (Å²) in [5.74, 6) is 0. The summed E-state index contributed by atoms with van der Waals surface area (Å²) in [5, 5.41) is 12.2. The molecule has 2 rings (SSSR count). The smallest absolute Gasteiger partial charge is 0.392 e. The van der Waals surface area contributed by atoms with E-state index in [4.69, 9.17) is 5.11 Å². The van der Waals surface area contributed by atoms with Crippen LogP contribution in [0.25, 0.3) is 0 Å². The third kappa shape index (κ3) is 4.32. The lowest BCUT2D eigenvalue weighted by molar-refractivity contribution is -0.137. The normalized spacial score (nSPS) is 13.1. The molecule has 2 N–H and O–H groups in total. The molecule has 0 aliphatic rings. The minimum atomic E-state index is -4.32. The third-order valence-corrected chi connectivity index (χ3v) is 3.53. The Kier molecular flexibility index (Phi) is 5.21. The molecule has 118 valence electrons. The van der Waals surface area contributed by atoms with Crippen LogP contribution in [0.3, 0.4) is 0 Å². The molecule has 0 heterocycles. The minimum absolute atomic E-state index is 0.00561. The van der Waals surface area contributed by atoms with Gasteiger partial charge in [0.05, 0.1) is 12.2 Å². The van der Waals surface area contributed by atoms with Gasteiger partial charge < -0.3 is 10.4 Å². The molecule has 1 unspecified atom stereocenters. The van der Waals surface area contributed by atoms with Crippen LogP contribution in [0.15, 0.2) is 48.5 Å². The second-order valence-electron chi connectivity index (χ2n) is 5.20. The van der Waals surface area contributed by atoms with Crippen molar-refractivity contribution in [3.05, 3.63) is 70.8 Å². The molecule has 0 aromatic heterocycles. The Hall–Kier alpha value is -1.85. The van der Waals surface area contributed by atoms with E-state index in [1.807, 2.05) is 31.2 Å². The predicted molar refractivity (Wildman–Crippen MR) is 79.1 cm³/mol. The number of benzene rings is 2. The van der Waals surface area contributed by atoms with Crippen molar-refractivity contribution in [1.82, 2.24) is 5.32 Å². The zero-order chi connectivity index (χ0) is 16.2. The largest absolute Gasteiger partial charge is 0.416 e. The first kappa shape index (κ1) is 16.5. The van der Waals surface area contributed by atoms with Crippen LogP contribution in [0.5, 0.6) is 0 Å². The Morgan fingerprint density at radius 2 is 1.68 bits per heavy atom. The average Bonchev–Trinajstić information content (AvgIpc) is 2.52. The number of halogens is 3. The molecule has 2 aromatic carbocycles. The zero-order valence-electron chi connectivity index (χ0n) is 12.2. The van der Waals surface area contributed by atoms with Gasteiger partial charge in [-0.3, -0.25) is 0 Å². The molecule has 0 fully saturated rings. The maximum absolute atomic E-state index is 12.7. The van der Waals surface area contributed by atoms with E-state index in [1.165, 1.54) is 12.1 Å². The van der Waals surface area contributed by atoms with Gasteiger partial charge in [0.25, 0.3) is 0 Å². The average molecular weight is 309 g/mol. The second kappa shape index (κ2) is 6.94. The molecule has 2 aromatic rings. The molecule has 2 nitrogen and oxygen atoms in total. The Labute approximate surface area is 127 Å². The van der Waals surface area contributed by atoms with Gasteiger partial charge in [0.2, 0.25) is 0 Å². The van der Waals surface area contributed by atoms with Gasteiger partial charge in [0, 0.05) is 12.6 Å². The third-order valence-electron chi connectivity index (χ3n) is 3.53. The fourth-order valence-electron chi connectivity index (χ4n) is 2.14. The number of rotatable bonds is 5. The Balaban J connectivity index is 2.01. The summed E-state index contributed by atoms with van der Waals surface area (Å²) in [6.07, 6.45) is -4.32. The summed E-state index contributed by atoms with van der Waals surface area (Å²) in [4.78, 5) is 0. The van der Waals surface area contributed by atoms with E-state index in [0.29, 0.717) is 12.1 Å². The van der Waals surface area contributed by atoms with Crippen LogP contribution < -0.4 is 5.32 Å². The summed E-state index contributed by atoms with van der Waals surface area (Å²) < 4.78 is 38.1. The highest BCUT2D eigenvalue weighted by atomic mass is 19.4. The van der Waals surface area contributed by atoms with Crippen LogP contribution in [0.2, 0.25) is 0 Å². The molecule has 0 aliphatic heterocycles. The number of aliphatic hydroxyl groups excluding tert-OH is 1. The highest BCUT2D eigenvalue weighted by Gasteiger charge is 2.30. The summed E-state index contributed by atoms with van der Waals surface area (Å²) in [7, 11) is 0. The summed E-state index contributed by atoms with van der Waals surface area (Å²) in [6, 6.07) is 12.6. The second-order valence-corrected chi connectivity index (χ2v) is 5.20. The lowest BCUT2D eigenvalue weighted by Gasteiger charge is -2.16. The number of hydrogen-bond acceptors (Lipinski definition) is 2. The standard InChI is InChI=1S/C17H18F3NO/c1-12(15-3-2-4-16(9-15)17(18,19)20)21-10-13-5-7-14(11-22)8-6-13/h2-9,12,21-22H,10-11H2,1H3. The van der Waals surface area contributed by atoms with E-state index in [0.717, 1.165) is 17.2 Å². The fourth-order valence-corrected chi connectivity index (χ4v) is 2.14. The molecular weight excluding hydrogens is 291 g/mol. The molecule has 0 spiro atoms. The molecule has 22 heavy (non-hydrogen) atoms. The van der Waals surface area contributed by atoms with Gasteiger partial charge in [-0.25, -0.2) is 0 Å². The Morgan fingerprint density at radius 1 is 1.05 bits per heavy atom. The van der Waals surface area contributed by atoms with Gasteiger partial charge in [-0.2, -0.15) is 13.2 Å². The predicted octanol–water partition coefficient (Wildman–Crippen LogP) is 4.05. The molecule has 0 amide bonds. The van der Waals surface area contributed by atoms with Gasteiger partial charge in [-0.1, -0.05) is 36.4 Å².